The molecular weight excluding hydrogens is 350 g/mol. The molecule has 5 nitrogen and oxygen atoms in total. The van der Waals surface area contributed by atoms with Gasteiger partial charge in [-0.25, -0.2) is 0 Å². The summed E-state index contributed by atoms with van der Waals surface area (Å²) in [4.78, 5) is 27.2. The zero-order valence-corrected chi connectivity index (χ0v) is 16.8. The Morgan fingerprint density at radius 3 is 2.29 bits per heavy atom. The Morgan fingerprint density at radius 1 is 0.929 bits per heavy atom. The van der Waals surface area contributed by atoms with Gasteiger partial charge in [-0.05, 0) is 68.7 Å². The molecule has 4 rings (SSSR count). The first-order chi connectivity index (χ1) is 13.7. The number of amides is 2. The molecule has 0 radical (unpaired) electrons. The van der Waals surface area contributed by atoms with E-state index in [1.807, 2.05) is 17.0 Å². The molecule has 2 N–H and O–H groups in total. The van der Waals surface area contributed by atoms with Crippen molar-refractivity contribution in [2.24, 2.45) is 5.92 Å². The highest BCUT2D eigenvalue weighted by Gasteiger charge is 2.30. The van der Waals surface area contributed by atoms with Crippen molar-refractivity contribution in [2.45, 2.75) is 63.3 Å². The second kappa shape index (κ2) is 9.08. The number of carbonyl (C=O) groups is 2. The maximum atomic E-state index is 12.6. The van der Waals surface area contributed by atoms with E-state index in [1.54, 1.807) is 0 Å². The van der Waals surface area contributed by atoms with Crippen molar-refractivity contribution in [3.63, 3.8) is 0 Å². The molecule has 2 amide bonds. The number of rotatable bonds is 4. The van der Waals surface area contributed by atoms with Crippen LogP contribution in [0, 0.1) is 5.92 Å². The molecule has 1 aliphatic carbocycles. The van der Waals surface area contributed by atoms with Gasteiger partial charge in [0.05, 0.1) is 0 Å². The zero-order valence-electron chi connectivity index (χ0n) is 16.8. The quantitative estimate of drug-likeness (QED) is 0.840. The van der Waals surface area contributed by atoms with Gasteiger partial charge in [0, 0.05) is 37.2 Å². The Kier molecular flexibility index (Phi) is 6.30. The summed E-state index contributed by atoms with van der Waals surface area (Å²) in [5, 5.41) is 6.62. The molecule has 2 saturated heterocycles. The molecule has 0 bridgehead atoms. The molecule has 1 saturated carbocycles. The number of nitrogens with zero attached hydrogens (tertiary/aromatic N) is 1. The van der Waals surface area contributed by atoms with Crippen LogP contribution in [-0.4, -0.2) is 48.9 Å². The third-order valence-electron chi connectivity index (χ3n) is 6.79. The van der Waals surface area contributed by atoms with E-state index >= 15 is 0 Å². The summed E-state index contributed by atoms with van der Waals surface area (Å²) in [7, 11) is 0. The van der Waals surface area contributed by atoms with Crippen LogP contribution >= 0.6 is 0 Å². The van der Waals surface area contributed by atoms with E-state index in [0.29, 0.717) is 11.8 Å². The van der Waals surface area contributed by atoms with E-state index in [4.69, 9.17) is 0 Å². The van der Waals surface area contributed by atoms with Gasteiger partial charge in [0.15, 0.2) is 0 Å². The average molecular weight is 384 g/mol. The zero-order chi connectivity index (χ0) is 19.3. The number of piperidine rings is 2. The second-order valence-corrected chi connectivity index (χ2v) is 8.72. The molecule has 152 valence electrons. The third-order valence-corrected chi connectivity index (χ3v) is 6.79. The molecule has 1 aromatic carbocycles. The van der Waals surface area contributed by atoms with Crippen LogP contribution < -0.4 is 10.6 Å². The van der Waals surface area contributed by atoms with Crippen LogP contribution in [0.5, 0.6) is 0 Å². The lowest BCUT2D eigenvalue weighted by Gasteiger charge is -2.34. The molecule has 28 heavy (non-hydrogen) atoms. The highest BCUT2D eigenvalue weighted by molar-refractivity contribution is 5.94. The summed E-state index contributed by atoms with van der Waals surface area (Å²) in [6.45, 7) is 3.69. The Hall–Kier alpha value is -1.88. The molecule has 5 heteroatoms. The molecular formula is C23H33N3O2. The molecule has 1 atom stereocenters. The van der Waals surface area contributed by atoms with Crippen molar-refractivity contribution in [1.29, 1.82) is 0 Å². The van der Waals surface area contributed by atoms with E-state index in [0.717, 1.165) is 57.4 Å². The first-order valence-corrected chi connectivity index (χ1v) is 11.1. The normalized spacial score (nSPS) is 24.3. The average Bonchev–Trinajstić information content (AvgIpc) is 3.29. The highest BCUT2D eigenvalue weighted by atomic mass is 16.2. The van der Waals surface area contributed by atoms with Crippen LogP contribution in [0.15, 0.2) is 24.3 Å². The summed E-state index contributed by atoms with van der Waals surface area (Å²) in [5.74, 6) is 1.17. The Morgan fingerprint density at radius 2 is 1.64 bits per heavy atom. The van der Waals surface area contributed by atoms with E-state index < -0.39 is 0 Å². The predicted octanol–water partition coefficient (Wildman–Crippen LogP) is 3.06. The van der Waals surface area contributed by atoms with Gasteiger partial charge < -0.3 is 15.5 Å². The van der Waals surface area contributed by atoms with Gasteiger partial charge in [-0.3, -0.25) is 9.59 Å². The predicted molar refractivity (Wildman–Crippen MR) is 110 cm³/mol. The fourth-order valence-corrected chi connectivity index (χ4v) is 4.99. The number of benzene rings is 1. The summed E-state index contributed by atoms with van der Waals surface area (Å²) in [6.07, 6.45) is 8.65. The summed E-state index contributed by atoms with van der Waals surface area (Å²) >= 11 is 0. The van der Waals surface area contributed by atoms with Gasteiger partial charge in [-0.15, -0.1) is 0 Å². The van der Waals surface area contributed by atoms with Gasteiger partial charge >= 0.3 is 0 Å². The monoisotopic (exact) mass is 383 g/mol. The molecule has 0 spiro atoms. The Labute approximate surface area is 168 Å². The minimum Gasteiger partial charge on any atom is -0.349 e. The largest absolute Gasteiger partial charge is 0.349 e. The van der Waals surface area contributed by atoms with Crippen molar-refractivity contribution in [2.75, 3.05) is 26.2 Å². The van der Waals surface area contributed by atoms with Crippen molar-refractivity contribution in [1.82, 2.24) is 15.5 Å². The number of carbonyl (C=O) groups excluding carboxylic acids is 2. The van der Waals surface area contributed by atoms with Crippen LogP contribution in [0.25, 0.3) is 0 Å². The molecule has 1 aromatic rings. The fourth-order valence-electron chi connectivity index (χ4n) is 4.99. The van der Waals surface area contributed by atoms with Crippen LogP contribution in [-0.2, 0) is 4.79 Å². The summed E-state index contributed by atoms with van der Waals surface area (Å²) < 4.78 is 0. The van der Waals surface area contributed by atoms with Crippen LogP contribution in [0.3, 0.4) is 0 Å². The molecule has 3 aliphatic rings. The van der Waals surface area contributed by atoms with E-state index in [-0.39, 0.29) is 17.9 Å². The number of hydrogen-bond donors (Lipinski definition) is 2. The maximum absolute atomic E-state index is 12.6. The van der Waals surface area contributed by atoms with Crippen molar-refractivity contribution in [3.05, 3.63) is 35.4 Å². The lowest BCUT2D eigenvalue weighted by atomic mass is 9.91. The standard InChI is InChI=1S/C23H33N3O2/c27-22(18-9-7-17(8-10-18)20-6-3-13-24-16-20)25-21-11-14-26(15-12-21)23(28)19-4-1-2-5-19/h7-10,19-21,24H,1-6,11-16H2,(H,25,27). The van der Waals surface area contributed by atoms with Gasteiger partial charge in [0.2, 0.25) is 5.91 Å². The van der Waals surface area contributed by atoms with Crippen molar-refractivity contribution < 1.29 is 9.59 Å². The molecule has 0 aromatic heterocycles. The van der Waals surface area contributed by atoms with Gasteiger partial charge in [-0.2, -0.15) is 0 Å². The van der Waals surface area contributed by atoms with Crippen LogP contribution in [0.4, 0.5) is 0 Å². The minimum atomic E-state index is 0.00823. The minimum absolute atomic E-state index is 0.00823. The van der Waals surface area contributed by atoms with Crippen LogP contribution in [0.2, 0.25) is 0 Å². The summed E-state index contributed by atoms with van der Waals surface area (Å²) in [5.41, 5.74) is 2.06. The summed E-state index contributed by atoms with van der Waals surface area (Å²) in [6, 6.07) is 8.29. The van der Waals surface area contributed by atoms with Gasteiger partial charge in [0.25, 0.3) is 5.91 Å². The van der Waals surface area contributed by atoms with E-state index in [1.165, 1.54) is 31.2 Å². The van der Waals surface area contributed by atoms with E-state index in [9.17, 15) is 9.59 Å². The molecule has 2 aliphatic heterocycles. The van der Waals surface area contributed by atoms with Gasteiger partial charge in [-0.1, -0.05) is 25.0 Å². The first-order valence-electron chi connectivity index (χ1n) is 11.1. The Bertz CT molecular complexity index is 668. The number of likely N-dealkylation sites (tertiary alicyclic amines) is 1. The van der Waals surface area contributed by atoms with Crippen molar-refractivity contribution >= 4 is 11.8 Å². The van der Waals surface area contributed by atoms with Crippen LogP contribution in [0.1, 0.15) is 73.2 Å². The lowest BCUT2D eigenvalue weighted by Crippen LogP contribution is -2.47. The third kappa shape index (κ3) is 4.57. The van der Waals surface area contributed by atoms with Crippen molar-refractivity contribution in [3.8, 4) is 0 Å². The molecule has 3 fully saturated rings. The smallest absolute Gasteiger partial charge is 0.251 e. The molecule has 1 unspecified atom stereocenters. The highest BCUT2D eigenvalue weighted by Crippen LogP contribution is 2.28. The van der Waals surface area contributed by atoms with Gasteiger partial charge in [0.1, 0.15) is 0 Å². The van der Waals surface area contributed by atoms with E-state index in [2.05, 4.69) is 22.8 Å². The Balaban J connectivity index is 1.25. The number of hydrogen-bond acceptors (Lipinski definition) is 3. The first kappa shape index (κ1) is 19.4. The number of nitrogens with one attached hydrogen (secondary N) is 2. The lowest BCUT2D eigenvalue weighted by molar-refractivity contribution is -0.136. The second-order valence-electron chi connectivity index (χ2n) is 8.72. The maximum Gasteiger partial charge on any atom is 0.251 e. The topological polar surface area (TPSA) is 61.4 Å². The SMILES string of the molecule is O=C(NC1CCN(C(=O)C2CCCC2)CC1)c1ccc(C2CCCNC2)cc1. The fraction of sp³-hybridized carbons (Fsp3) is 0.652. The molecule has 2 heterocycles.